The van der Waals surface area contributed by atoms with Gasteiger partial charge in [-0.3, -0.25) is 14.8 Å². The number of hydrogen-bond acceptors (Lipinski definition) is 6. The summed E-state index contributed by atoms with van der Waals surface area (Å²) in [6.07, 6.45) is 2.23. The zero-order valence-corrected chi connectivity index (χ0v) is 19.6. The van der Waals surface area contributed by atoms with Crippen LogP contribution in [-0.2, 0) is 21.1 Å². The minimum atomic E-state index is -3.73. The van der Waals surface area contributed by atoms with E-state index in [1.165, 1.54) is 12.4 Å². The van der Waals surface area contributed by atoms with E-state index in [1.807, 2.05) is 36.4 Å². The molecule has 3 N–H and O–H groups in total. The van der Waals surface area contributed by atoms with Gasteiger partial charge < -0.3 is 10.0 Å². The molecule has 1 heterocycles. The van der Waals surface area contributed by atoms with Crippen LogP contribution in [0.5, 0.6) is 0 Å². The summed E-state index contributed by atoms with van der Waals surface area (Å²) in [6.45, 7) is 2.42. The van der Waals surface area contributed by atoms with E-state index in [1.54, 1.807) is 17.0 Å². The molecule has 1 aliphatic rings. The van der Waals surface area contributed by atoms with Crippen molar-refractivity contribution in [1.29, 1.82) is 0 Å². The molecular weight excluding hydrogens is 444 g/mol. The molecule has 0 saturated carbocycles. The van der Waals surface area contributed by atoms with E-state index in [4.69, 9.17) is 5.21 Å². The third-order valence-electron chi connectivity index (χ3n) is 6.46. The summed E-state index contributed by atoms with van der Waals surface area (Å²) in [5.41, 5.74) is 4.80. The van der Waals surface area contributed by atoms with Gasteiger partial charge in [-0.05, 0) is 61.4 Å². The number of benzene rings is 2. The number of nitrogens with zero attached hydrogens (tertiary/aromatic N) is 1. The van der Waals surface area contributed by atoms with Gasteiger partial charge in [-0.15, -0.1) is 0 Å². The number of carbonyl (C=O) groups excluding carboxylic acids is 2. The number of carbonyl (C=O) groups is 2. The van der Waals surface area contributed by atoms with Gasteiger partial charge in [0.25, 0.3) is 11.8 Å². The predicted octanol–water partition coefficient (Wildman–Crippen LogP) is 2.19. The number of nitrogens with one attached hydrogen (secondary N) is 1. The third kappa shape index (κ3) is 5.61. The van der Waals surface area contributed by atoms with Crippen LogP contribution in [0.4, 0.5) is 0 Å². The Balaban J connectivity index is 1.66. The highest BCUT2D eigenvalue weighted by Crippen LogP contribution is 2.26. The normalized spacial score (nSPS) is 16.8. The lowest BCUT2D eigenvalue weighted by Crippen LogP contribution is -2.49. The number of hydroxylamine groups is 1. The van der Waals surface area contributed by atoms with Crippen molar-refractivity contribution in [2.75, 3.05) is 19.3 Å². The van der Waals surface area contributed by atoms with E-state index in [0.29, 0.717) is 37.9 Å². The summed E-state index contributed by atoms with van der Waals surface area (Å²) < 4.78 is 22.5. The van der Waals surface area contributed by atoms with Crippen molar-refractivity contribution in [3.8, 4) is 11.1 Å². The smallest absolute Gasteiger partial charge is 0.264 e. The zero-order chi connectivity index (χ0) is 24.2. The molecule has 0 unspecified atom stereocenters. The Labute approximate surface area is 194 Å². The van der Waals surface area contributed by atoms with Gasteiger partial charge in [0.05, 0.1) is 6.10 Å². The van der Waals surface area contributed by atoms with Crippen molar-refractivity contribution in [3.63, 3.8) is 0 Å². The standard InChI is InChI=1S/C24H30N2O6S/c1-24(23(29)25-30,33(2,31)32)14-11-17-3-5-18(6-4-17)19-7-9-20(10-8-19)22(28)26-15-12-21(27)13-16-26/h3-10,21,27,30H,11-16H2,1-2H3,(H,25,29)/t24-/m1/s1. The molecule has 1 fully saturated rings. The fourth-order valence-corrected chi connectivity index (χ4v) is 4.74. The highest BCUT2D eigenvalue weighted by atomic mass is 32.2. The molecule has 9 heteroatoms. The van der Waals surface area contributed by atoms with Crippen LogP contribution >= 0.6 is 0 Å². The molecule has 1 saturated heterocycles. The van der Waals surface area contributed by atoms with E-state index >= 15 is 0 Å². The molecule has 0 aliphatic carbocycles. The van der Waals surface area contributed by atoms with E-state index in [0.717, 1.165) is 22.9 Å². The van der Waals surface area contributed by atoms with E-state index in [9.17, 15) is 23.1 Å². The lowest BCUT2D eigenvalue weighted by Gasteiger charge is -2.29. The number of rotatable bonds is 7. The number of hydrogen-bond donors (Lipinski definition) is 3. The molecule has 0 bridgehead atoms. The minimum absolute atomic E-state index is 0.0297. The van der Waals surface area contributed by atoms with Crippen LogP contribution in [0, 0.1) is 0 Å². The first-order chi connectivity index (χ1) is 15.5. The molecule has 178 valence electrons. The van der Waals surface area contributed by atoms with Crippen LogP contribution in [0.3, 0.4) is 0 Å². The second kappa shape index (κ2) is 10.0. The van der Waals surface area contributed by atoms with Crippen molar-refractivity contribution in [2.24, 2.45) is 0 Å². The monoisotopic (exact) mass is 474 g/mol. The second-order valence-corrected chi connectivity index (χ2v) is 11.2. The maximum Gasteiger partial charge on any atom is 0.264 e. The predicted molar refractivity (Wildman–Crippen MR) is 125 cm³/mol. The number of piperidine rings is 1. The molecule has 0 radical (unpaired) electrons. The molecule has 8 nitrogen and oxygen atoms in total. The fourth-order valence-electron chi connectivity index (χ4n) is 3.89. The summed E-state index contributed by atoms with van der Waals surface area (Å²) in [5, 5.41) is 18.5. The molecule has 2 amide bonds. The number of aliphatic hydroxyl groups excluding tert-OH is 1. The van der Waals surface area contributed by atoms with Crippen molar-refractivity contribution in [3.05, 3.63) is 59.7 Å². The van der Waals surface area contributed by atoms with Gasteiger partial charge in [0.1, 0.15) is 4.75 Å². The van der Waals surface area contributed by atoms with Gasteiger partial charge in [0, 0.05) is 24.9 Å². The molecule has 2 aromatic carbocycles. The molecule has 33 heavy (non-hydrogen) atoms. The lowest BCUT2D eigenvalue weighted by atomic mass is 9.97. The Kier molecular flexibility index (Phi) is 7.56. The van der Waals surface area contributed by atoms with Gasteiger partial charge in [-0.2, -0.15) is 0 Å². The summed E-state index contributed by atoms with van der Waals surface area (Å²) in [5.74, 6) is -0.985. The van der Waals surface area contributed by atoms with E-state index in [-0.39, 0.29) is 18.4 Å². The summed E-state index contributed by atoms with van der Waals surface area (Å²) in [7, 11) is -3.73. The Morgan fingerprint density at radius 1 is 1.03 bits per heavy atom. The highest BCUT2D eigenvalue weighted by molar-refractivity contribution is 7.92. The van der Waals surface area contributed by atoms with Gasteiger partial charge in [-0.25, -0.2) is 13.9 Å². The van der Waals surface area contributed by atoms with Crippen LogP contribution in [0.1, 0.15) is 42.1 Å². The summed E-state index contributed by atoms with van der Waals surface area (Å²) in [6, 6.07) is 14.9. The number of aryl methyl sites for hydroxylation is 1. The first-order valence-electron chi connectivity index (χ1n) is 10.9. The first-order valence-corrected chi connectivity index (χ1v) is 12.7. The third-order valence-corrected chi connectivity index (χ3v) is 8.49. The Morgan fingerprint density at radius 3 is 2.03 bits per heavy atom. The highest BCUT2D eigenvalue weighted by Gasteiger charge is 2.43. The van der Waals surface area contributed by atoms with Crippen molar-refractivity contribution in [2.45, 2.75) is 43.5 Å². The number of likely N-dealkylation sites (tertiary alicyclic amines) is 1. The summed E-state index contributed by atoms with van der Waals surface area (Å²) in [4.78, 5) is 26.4. The average molecular weight is 475 g/mol. The number of amides is 2. The van der Waals surface area contributed by atoms with Crippen molar-refractivity contribution >= 4 is 21.7 Å². The molecule has 1 atom stereocenters. The SMILES string of the molecule is C[C@@](CCc1ccc(-c2ccc(C(=O)N3CCC(O)CC3)cc2)cc1)(C(=O)NO)S(C)(=O)=O. The molecule has 0 aromatic heterocycles. The Hall–Kier alpha value is -2.75. The zero-order valence-electron chi connectivity index (χ0n) is 18.8. The number of sulfone groups is 1. The van der Waals surface area contributed by atoms with E-state index in [2.05, 4.69) is 0 Å². The molecule has 3 rings (SSSR count). The number of aliphatic hydroxyl groups is 1. The summed E-state index contributed by atoms with van der Waals surface area (Å²) >= 11 is 0. The molecule has 2 aromatic rings. The second-order valence-electron chi connectivity index (χ2n) is 8.74. The molecule has 0 spiro atoms. The first kappa shape index (κ1) is 24.9. The largest absolute Gasteiger partial charge is 0.393 e. The van der Waals surface area contributed by atoms with Crippen LogP contribution < -0.4 is 5.48 Å². The van der Waals surface area contributed by atoms with Gasteiger partial charge in [0.15, 0.2) is 9.84 Å². The molecule has 1 aliphatic heterocycles. The van der Waals surface area contributed by atoms with Gasteiger partial charge in [-0.1, -0.05) is 36.4 Å². The average Bonchev–Trinajstić information content (AvgIpc) is 2.81. The van der Waals surface area contributed by atoms with E-state index < -0.39 is 20.5 Å². The van der Waals surface area contributed by atoms with Crippen LogP contribution in [0.2, 0.25) is 0 Å². The van der Waals surface area contributed by atoms with Crippen molar-refractivity contribution in [1.82, 2.24) is 10.4 Å². The fraction of sp³-hybridized carbons (Fsp3) is 0.417. The quantitative estimate of drug-likeness (QED) is 0.417. The Morgan fingerprint density at radius 2 is 1.55 bits per heavy atom. The van der Waals surface area contributed by atoms with Gasteiger partial charge >= 0.3 is 0 Å². The Bertz CT molecular complexity index is 1090. The van der Waals surface area contributed by atoms with Crippen molar-refractivity contribution < 1.29 is 28.3 Å². The minimum Gasteiger partial charge on any atom is -0.393 e. The van der Waals surface area contributed by atoms with Crippen LogP contribution in [0.15, 0.2) is 48.5 Å². The lowest BCUT2D eigenvalue weighted by molar-refractivity contribution is -0.131. The molecular formula is C24H30N2O6S. The van der Waals surface area contributed by atoms with Crippen LogP contribution in [0.25, 0.3) is 11.1 Å². The maximum absolute atomic E-state index is 12.6. The van der Waals surface area contributed by atoms with Crippen LogP contribution in [-0.4, -0.2) is 65.6 Å². The topological polar surface area (TPSA) is 124 Å². The van der Waals surface area contributed by atoms with Gasteiger partial charge in [0.2, 0.25) is 0 Å². The maximum atomic E-state index is 12.6.